The lowest BCUT2D eigenvalue weighted by Crippen LogP contribution is -2.13. The lowest BCUT2D eigenvalue weighted by molar-refractivity contribution is 0.0981. The largest absolute Gasteiger partial charge is 0.292 e. The second-order valence-corrected chi connectivity index (χ2v) is 5.15. The third-order valence-corrected chi connectivity index (χ3v) is 3.75. The van der Waals surface area contributed by atoms with Crippen LogP contribution < -0.4 is 0 Å². The molecule has 0 amide bonds. The van der Waals surface area contributed by atoms with E-state index in [2.05, 4.69) is 10.2 Å². The number of rotatable bonds is 5. The molecule has 0 fully saturated rings. The minimum absolute atomic E-state index is 0.00672. The van der Waals surface area contributed by atoms with E-state index in [1.807, 2.05) is 25.5 Å². The molecular formula is C14H19ClN4O. The standard InChI is InChI=1S/C14H19ClN4O/c1-5-10-14(15)12(19(6-2)17-10)8-13(20)11-7-9(3)16-18(11)4/h7H,5-6,8H2,1-4H3. The van der Waals surface area contributed by atoms with E-state index in [1.165, 1.54) is 0 Å². The Kier molecular flexibility index (Phi) is 4.28. The van der Waals surface area contributed by atoms with E-state index in [-0.39, 0.29) is 12.2 Å². The lowest BCUT2D eigenvalue weighted by Gasteiger charge is -2.05. The Morgan fingerprint density at radius 2 is 2.05 bits per heavy atom. The van der Waals surface area contributed by atoms with E-state index in [9.17, 15) is 4.79 Å². The van der Waals surface area contributed by atoms with Crippen molar-refractivity contribution < 1.29 is 4.79 Å². The molecule has 0 aliphatic rings. The van der Waals surface area contributed by atoms with Crippen LogP contribution in [0.2, 0.25) is 5.02 Å². The molecule has 0 saturated heterocycles. The molecule has 2 heterocycles. The molecule has 0 atom stereocenters. The predicted molar refractivity (Wildman–Crippen MR) is 78.3 cm³/mol. The van der Waals surface area contributed by atoms with Gasteiger partial charge in [0.05, 0.1) is 28.5 Å². The predicted octanol–water partition coefficient (Wildman–Crippen LogP) is 2.59. The molecule has 0 aliphatic heterocycles. The average Bonchev–Trinajstić information content (AvgIpc) is 2.90. The highest BCUT2D eigenvalue weighted by Gasteiger charge is 2.20. The summed E-state index contributed by atoms with van der Waals surface area (Å²) < 4.78 is 3.42. The monoisotopic (exact) mass is 294 g/mol. The fourth-order valence-electron chi connectivity index (χ4n) is 2.30. The van der Waals surface area contributed by atoms with Crippen LogP contribution in [0.3, 0.4) is 0 Å². The summed E-state index contributed by atoms with van der Waals surface area (Å²) in [7, 11) is 1.77. The van der Waals surface area contributed by atoms with Crippen LogP contribution in [0, 0.1) is 6.92 Å². The molecule has 0 unspecified atom stereocenters. The van der Waals surface area contributed by atoms with Crippen LogP contribution in [-0.2, 0) is 26.4 Å². The smallest absolute Gasteiger partial charge is 0.186 e. The number of carbonyl (C=O) groups excluding carboxylic acids is 1. The highest BCUT2D eigenvalue weighted by atomic mass is 35.5. The van der Waals surface area contributed by atoms with E-state index >= 15 is 0 Å². The van der Waals surface area contributed by atoms with E-state index in [1.54, 1.807) is 17.8 Å². The zero-order chi connectivity index (χ0) is 14.9. The van der Waals surface area contributed by atoms with Gasteiger partial charge in [-0.15, -0.1) is 0 Å². The summed E-state index contributed by atoms with van der Waals surface area (Å²) in [5.41, 5.74) is 3.06. The van der Waals surface area contributed by atoms with Gasteiger partial charge in [-0.25, -0.2) is 0 Å². The summed E-state index contributed by atoms with van der Waals surface area (Å²) in [5.74, 6) is 0.00672. The molecule has 0 aromatic carbocycles. The number of Topliss-reactive ketones (excluding diaryl/α,β-unsaturated/α-hetero) is 1. The van der Waals surface area contributed by atoms with Crippen LogP contribution >= 0.6 is 11.6 Å². The highest BCUT2D eigenvalue weighted by Crippen LogP contribution is 2.23. The van der Waals surface area contributed by atoms with Gasteiger partial charge in [-0.1, -0.05) is 18.5 Å². The second-order valence-electron chi connectivity index (χ2n) is 4.77. The summed E-state index contributed by atoms with van der Waals surface area (Å²) in [4.78, 5) is 12.4. The first kappa shape index (κ1) is 14.8. The second kappa shape index (κ2) is 5.79. The number of hydrogen-bond acceptors (Lipinski definition) is 3. The molecule has 2 rings (SSSR count). The molecule has 0 spiro atoms. The van der Waals surface area contributed by atoms with Gasteiger partial charge in [0.1, 0.15) is 5.69 Å². The Labute approximate surface area is 123 Å². The number of aromatic nitrogens is 4. The Balaban J connectivity index is 2.32. The van der Waals surface area contributed by atoms with Crippen molar-refractivity contribution in [2.45, 2.75) is 40.2 Å². The first-order valence-corrected chi connectivity index (χ1v) is 7.13. The number of nitrogens with zero attached hydrogens (tertiary/aromatic N) is 4. The molecule has 0 aliphatic carbocycles. The minimum Gasteiger partial charge on any atom is -0.292 e. The number of halogens is 1. The third kappa shape index (κ3) is 2.63. The summed E-state index contributed by atoms with van der Waals surface area (Å²) in [6, 6.07) is 1.80. The molecule has 20 heavy (non-hydrogen) atoms. The molecule has 6 heteroatoms. The van der Waals surface area contributed by atoms with Gasteiger partial charge in [-0.3, -0.25) is 14.2 Å². The Morgan fingerprint density at radius 1 is 1.35 bits per heavy atom. The molecule has 0 N–H and O–H groups in total. The third-order valence-electron chi connectivity index (χ3n) is 3.31. The first-order chi connectivity index (χ1) is 9.47. The van der Waals surface area contributed by atoms with Crippen molar-refractivity contribution in [2.75, 3.05) is 0 Å². The van der Waals surface area contributed by atoms with Gasteiger partial charge in [-0.2, -0.15) is 10.2 Å². The SMILES string of the molecule is CCc1nn(CC)c(CC(=O)c2cc(C)nn2C)c1Cl. The average molecular weight is 295 g/mol. The van der Waals surface area contributed by atoms with E-state index < -0.39 is 0 Å². The zero-order valence-corrected chi connectivity index (χ0v) is 13.0. The quantitative estimate of drug-likeness (QED) is 0.797. The van der Waals surface area contributed by atoms with Crippen molar-refractivity contribution in [1.82, 2.24) is 19.6 Å². The fourth-order valence-corrected chi connectivity index (χ4v) is 2.64. The van der Waals surface area contributed by atoms with Crippen molar-refractivity contribution in [3.63, 3.8) is 0 Å². The van der Waals surface area contributed by atoms with Crippen molar-refractivity contribution in [3.8, 4) is 0 Å². The maximum absolute atomic E-state index is 12.4. The zero-order valence-electron chi connectivity index (χ0n) is 12.3. The number of ketones is 1. The van der Waals surface area contributed by atoms with Gasteiger partial charge < -0.3 is 0 Å². The highest BCUT2D eigenvalue weighted by molar-refractivity contribution is 6.32. The summed E-state index contributed by atoms with van der Waals surface area (Å²) in [6.07, 6.45) is 1.01. The van der Waals surface area contributed by atoms with Crippen LogP contribution in [0.15, 0.2) is 6.07 Å². The first-order valence-electron chi connectivity index (χ1n) is 6.75. The van der Waals surface area contributed by atoms with Crippen molar-refractivity contribution in [3.05, 3.63) is 33.9 Å². The Bertz CT molecular complexity index is 642. The van der Waals surface area contributed by atoms with Crippen molar-refractivity contribution >= 4 is 17.4 Å². The van der Waals surface area contributed by atoms with E-state index in [4.69, 9.17) is 11.6 Å². The molecule has 108 valence electrons. The molecule has 0 bridgehead atoms. The van der Waals surface area contributed by atoms with Crippen LogP contribution in [-0.4, -0.2) is 25.3 Å². The van der Waals surface area contributed by atoms with Crippen molar-refractivity contribution in [2.24, 2.45) is 7.05 Å². The van der Waals surface area contributed by atoms with Gasteiger partial charge in [0.2, 0.25) is 0 Å². The lowest BCUT2D eigenvalue weighted by atomic mass is 10.1. The summed E-state index contributed by atoms with van der Waals surface area (Å²) >= 11 is 6.33. The maximum atomic E-state index is 12.4. The van der Waals surface area contributed by atoms with Gasteiger partial charge in [-0.05, 0) is 26.3 Å². The maximum Gasteiger partial charge on any atom is 0.186 e. The van der Waals surface area contributed by atoms with Crippen LogP contribution in [0.25, 0.3) is 0 Å². The molecule has 2 aromatic rings. The topological polar surface area (TPSA) is 52.7 Å². The van der Waals surface area contributed by atoms with Crippen LogP contribution in [0.1, 0.15) is 41.4 Å². The summed E-state index contributed by atoms with van der Waals surface area (Å²) in [6.45, 7) is 6.57. The van der Waals surface area contributed by atoms with Crippen LogP contribution in [0.5, 0.6) is 0 Å². The molecule has 2 aromatic heterocycles. The Morgan fingerprint density at radius 3 is 2.55 bits per heavy atom. The minimum atomic E-state index is 0.00672. The number of aryl methyl sites for hydroxylation is 4. The Hall–Kier alpha value is -1.62. The van der Waals surface area contributed by atoms with Crippen molar-refractivity contribution in [1.29, 1.82) is 0 Å². The summed E-state index contributed by atoms with van der Waals surface area (Å²) in [5, 5.41) is 9.24. The van der Waals surface area contributed by atoms with Gasteiger partial charge in [0, 0.05) is 13.6 Å². The number of hydrogen-bond donors (Lipinski definition) is 0. The number of carbonyl (C=O) groups is 1. The van der Waals surface area contributed by atoms with Crippen LogP contribution in [0.4, 0.5) is 0 Å². The van der Waals surface area contributed by atoms with E-state index in [0.717, 1.165) is 23.5 Å². The molecular weight excluding hydrogens is 276 g/mol. The molecule has 0 radical (unpaired) electrons. The van der Waals surface area contributed by atoms with Gasteiger partial charge in [0.15, 0.2) is 5.78 Å². The molecule has 5 nitrogen and oxygen atoms in total. The van der Waals surface area contributed by atoms with Gasteiger partial charge >= 0.3 is 0 Å². The molecule has 0 saturated carbocycles. The van der Waals surface area contributed by atoms with Gasteiger partial charge in [0.25, 0.3) is 0 Å². The van der Waals surface area contributed by atoms with E-state index in [0.29, 0.717) is 17.3 Å². The fraction of sp³-hybridized carbons (Fsp3) is 0.500. The normalized spacial score (nSPS) is 11.1.